The molecule has 2 aromatic carbocycles. The average molecular weight is 532 g/mol. The van der Waals surface area contributed by atoms with E-state index in [1.54, 1.807) is 61.5 Å². The summed E-state index contributed by atoms with van der Waals surface area (Å²) in [5, 5.41) is 8.91. The molecule has 2 atom stereocenters. The lowest BCUT2D eigenvalue weighted by atomic mass is 9.90. The summed E-state index contributed by atoms with van der Waals surface area (Å²) >= 11 is 0. The lowest BCUT2D eigenvalue weighted by molar-refractivity contribution is -0.129. The van der Waals surface area contributed by atoms with Gasteiger partial charge in [0.2, 0.25) is 5.90 Å². The van der Waals surface area contributed by atoms with Crippen LogP contribution in [-0.2, 0) is 19.4 Å². The van der Waals surface area contributed by atoms with E-state index in [0.29, 0.717) is 30.9 Å². The lowest BCUT2D eigenvalue weighted by Gasteiger charge is -2.28. The Morgan fingerprint density at radius 2 is 1.84 bits per heavy atom. The molecule has 9 nitrogen and oxygen atoms in total. The molecule has 0 saturated heterocycles. The molecule has 3 rings (SSSR count). The van der Waals surface area contributed by atoms with Crippen LogP contribution in [0.25, 0.3) is 0 Å². The number of carbonyl (C=O) groups is 1. The van der Waals surface area contributed by atoms with Crippen molar-refractivity contribution in [3.8, 4) is 5.75 Å². The number of sulfone groups is 1. The molecule has 0 spiro atoms. The molecule has 1 heterocycles. The van der Waals surface area contributed by atoms with Crippen molar-refractivity contribution in [2.75, 3.05) is 25.5 Å². The van der Waals surface area contributed by atoms with Crippen molar-refractivity contribution in [2.45, 2.75) is 62.5 Å². The Hall–Kier alpha value is -2.95. The number of hydrazine groups is 1. The van der Waals surface area contributed by atoms with Crippen molar-refractivity contribution in [2.24, 2.45) is 4.99 Å². The zero-order chi connectivity index (χ0) is 26.7. The Morgan fingerprint density at radius 1 is 1.11 bits per heavy atom. The Labute approximate surface area is 219 Å². The highest BCUT2D eigenvalue weighted by Crippen LogP contribution is 2.33. The van der Waals surface area contributed by atoms with Gasteiger partial charge in [0.05, 0.1) is 17.3 Å². The smallest absolute Gasteiger partial charge is 0.266 e. The van der Waals surface area contributed by atoms with E-state index in [-0.39, 0.29) is 29.6 Å². The second kappa shape index (κ2) is 13.6. The predicted molar refractivity (Wildman–Crippen MR) is 142 cm³/mol. The number of rotatable bonds is 15. The first-order valence-electron chi connectivity index (χ1n) is 12.7. The molecule has 2 aromatic rings. The van der Waals surface area contributed by atoms with Crippen molar-refractivity contribution < 1.29 is 27.8 Å². The second-order valence-electron chi connectivity index (χ2n) is 9.02. The first kappa shape index (κ1) is 28.6. The Bertz CT molecular complexity index is 1140. The quantitative estimate of drug-likeness (QED) is 0.238. The molecular formula is C27H37N3O6S. The van der Waals surface area contributed by atoms with Crippen LogP contribution in [0.4, 0.5) is 0 Å². The number of hydrogen-bond donors (Lipinski definition) is 3. The van der Waals surface area contributed by atoms with Crippen molar-refractivity contribution in [3.05, 3.63) is 60.2 Å². The Kier molecular flexibility index (Phi) is 10.5. The molecule has 0 bridgehead atoms. The monoisotopic (exact) mass is 531 g/mol. The molecule has 0 aromatic heterocycles. The van der Waals surface area contributed by atoms with E-state index in [0.717, 1.165) is 19.3 Å². The van der Waals surface area contributed by atoms with Gasteiger partial charge in [-0.15, -0.1) is 0 Å². The van der Waals surface area contributed by atoms with Crippen molar-refractivity contribution in [3.63, 3.8) is 0 Å². The number of benzene rings is 2. The van der Waals surface area contributed by atoms with E-state index in [1.165, 1.54) is 0 Å². The van der Waals surface area contributed by atoms with Crippen LogP contribution in [0.3, 0.4) is 0 Å². The molecule has 0 aliphatic carbocycles. The van der Waals surface area contributed by atoms with Gasteiger partial charge in [0, 0.05) is 25.1 Å². The van der Waals surface area contributed by atoms with Gasteiger partial charge in [0.15, 0.2) is 15.4 Å². The van der Waals surface area contributed by atoms with Gasteiger partial charge in [0.1, 0.15) is 11.9 Å². The number of nitrogens with zero attached hydrogens (tertiary/aromatic N) is 1. The van der Waals surface area contributed by atoms with E-state index >= 15 is 0 Å². The van der Waals surface area contributed by atoms with Gasteiger partial charge in [-0.3, -0.25) is 10.2 Å². The zero-order valence-corrected chi connectivity index (χ0v) is 22.3. The van der Waals surface area contributed by atoms with Crippen LogP contribution in [0.15, 0.2) is 64.5 Å². The summed E-state index contributed by atoms with van der Waals surface area (Å²) in [7, 11) is -3.63. The van der Waals surface area contributed by atoms with Crippen molar-refractivity contribution >= 4 is 21.6 Å². The first-order valence-corrected chi connectivity index (χ1v) is 14.4. The van der Waals surface area contributed by atoms with Gasteiger partial charge < -0.3 is 14.6 Å². The van der Waals surface area contributed by atoms with E-state index in [2.05, 4.69) is 17.8 Å². The van der Waals surface area contributed by atoms with Gasteiger partial charge in [-0.25, -0.2) is 18.8 Å². The summed E-state index contributed by atoms with van der Waals surface area (Å²) in [6.07, 6.45) is 2.79. The number of aliphatic hydroxyl groups is 1. The molecule has 37 heavy (non-hydrogen) atoms. The van der Waals surface area contributed by atoms with E-state index in [9.17, 15) is 13.2 Å². The second-order valence-corrected chi connectivity index (χ2v) is 11.1. The minimum Gasteiger partial charge on any atom is -0.494 e. The Morgan fingerprint density at radius 3 is 2.51 bits per heavy atom. The number of aliphatic imine (C=N–C) groups is 1. The van der Waals surface area contributed by atoms with Gasteiger partial charge in [-0.2, -0.15) is 0 Å². The summed E-state index contributed by atoms with van der Waals surface area (Å²) in [6.45, 7) is 4.88. The summed E-state index contributed by atoms with van der Waals surface area (Å²) in [5.74, 6) is 0.215. The van der Waals surface area contributed by atoms with Gasteiger partial charge in [-0.05, 0) is 56.2 Å². The van der Waals surface area contributed by atoms with Crippen LogP contribution >= 0.6 is 0 Å². The summed E-state index contributed by atoms with van der Waals surface area (Å²) in [5.41, 5.74) is 4.90. The van der Waals surface area contributed by atoms with Crippen molar-refractivity contribution in [1.82, 2.24) is 10.9 Å². The SMILES string of the molecule is CCCCCNNC(=O)[C@@]1(CCS(=O)(=O)c2ccccc2)N=C(c2ccc(OCCCO)cc2)O[C@H]1C. The predicted octanol–water partition coefficient (Wildman–Crippen LogP) is 3.03. The van der Waals surface area contributed by atoms with Gasteiger partial charge in [-0.1, -0.05) is 38.0 Å². The molecule has 202 valence electrons. The highest BCUT2D eigenvalue weighted by molar-refractivity contribution is 7.91. The Balaban J connectivity index is 1.82. The summed E-state index contributed by atoms with van der Waals surface area (Å²) < 4.78 is 37.7. The average Bonchev–Trinajstić information content (AvgIpc) is 3.25. The molecule has 10 heteroatoms. The molecule has 1 aliphatic heterocycles. The van der Waals surface area contributed by atoms with Crippen LogP contribution in [0.1, 0.15) is 51.5 Å². The maximum absolute atomic E-state index is 13.4. The highest BCUT2D eigenvalue weighted by atomic mass is 32.2. The fraction of sp³-hybridized carbons (Fsp3) is 0.481. The lowest BCUT2D eigenvalue weighted by Crippen LogP contribution is -2.55. The molecule has 1 aliphatic rings. The number of ether oxygens (including phenoxy) is 2. The molecule has 0 unspecified atom stereocenters. The third-order valence-corrected chi connectivity index (χ3v) is 8.02. The summed E-state index contributed by atoms with van der Waals surface area (Å²) in [6, 6.07) is 15.3. The molecule has 0 saturated carbocycles. The van der Waals surface area contributed by atoms with Crippen LogP contribution in [-0.4, -0.2) is 62.5 Å². The van der Waals surface area contributed by atoms with E-state index in [4.69, 9.17) is 19.6 Å². The minimum absolute atomic E-state index is 0.0419. The third-order valence-electron chi connectivity index (χ3n) is 6.29. The number of amides is 1. The van der Waals surface area contributed by atoms with Crippen LogP contribution < -0.4 is 15.6 Å². The zero-order valence-electron chi connectivity index (χ0n) is 21.5. The minimum atomic E-state index is -3.63. The third kappa shape index (κ3) is 7.53. The normalized spacial score (nSPS) is 19.2. The van der Waals surface area contributed by atoms with Crippen LogP contribution in [0, 0.1) is 0 Å². The fourth-order valence-corrected chi connectivity index (χ4v) is 5.39. The first-order chi connectivity index (χ1) is 17.8. The molecule has 3 N–H and O–H groups in total. The van der Waals surface area contributed by atoms with Crippen LogP contribution in [0.5, 0.6) is 5.75 Å². The summed E-state index contributed by atoms with van der Waals surface area (Å²) in [4.78, 5) is 18.3. The fourth-order valence-electron chi connectivity index (χ4n) is 4.00. The molecule has 1 amide bonds. The largest absolute Gasteiger partial charge is 0.494 e. The van der Waals surface area contributed by atoms with Crippen LogP contribution in [0.2, 0.25) is 0 Å². The van der Waals surface area contributed by atoms with Crippen molar-refractivity contribution in [1.29, 1.82) is 0 Å². The number of aliphatic hydroxyl groups excluding tert-OH is 1. The van der Waals surface area contributed by atoms with Gasteiger partial charge in [0.25, 0.3) is 5.91 Å². The topological polar surface area (TPSA) is 126 Å². The molecule has 0 fully saturated rings. The standard InChI is InChI=1S/C27H37N3O6S/c1-3-4-8-17-28-30-26(32)27(16-20-37(33,34)24-10-6-5-7-11-24)21(2)36-25(29-27)22-12-14-23(15-13-22)35-19-9-18-31/h5-7,10-15,21,28,31H,3-4,8-9,16-20H2,1-2H3,(H,30,32)/t21-,27-/m0/s1. The van der Waals surface area contributed by atoms with E-state index < -0.39 is 27.4 Å². The van der Waals surface area contributed by atoms with Gasteiger partial charge >= 0.3 is 0 Å². The molecule has 0 radical (unpaired) electrons. The number of hydrogen-bond acceptors (Lipinski definition) is 8. The highest BCUT2D eigenvalue weighted by Gasteiger charge is 2.50. The maximum Gasteiger partial charge on any atom is 0.266 e. The maximum atomic E-state index is 13.4. The van der Waals surface area contributed by atoms with E-state index in [1.807, 2.05) is 0 Å². The number of nitrogens with one attached hydrogen (secondary N) is 2. The number of carbonyl (C=O) groups excluding carboxylic acids is 1. The molecular weight excluding hydrogens is 494 g/mol. The number of unbranched alkanes of at least 4 members (excludes halogenated alkanes) is 2.